The third kappa shape index (κ3) is 4.52. The Morgan fingerprint density at radius 3 is 2.41 bits per heavy atom. The van der Waals surface area contributed by atoms with E-state index < -0.39 is 11.0 Å². The zero-order valence-corrected chi connectivity index (χ0v) is 18.9. The largest absolute Gasteiger partial charge is 0.483 e. The Hall–Kier alpha value is -2.45. The second kappa shape index (κ2) is 10.0. The summed E-state index contributed by atoms with van der Waals surface area (Å²) < 4.78 is 5.52. The van der Waals surface area contributed by atoms with Crippen LogP contribution in [0.15, 0.2) is 30.3 Å². The highest BCUT2D eigenvalue weighted by Gasteiger charge is 2.63. The summed E-state index contributed by atoms with van der Waals surface area (Å²) in [5, 5.41) is 18.0. The molecule has 0 aromatic heterocycles. The second-order valence-electron chi connectivity index (χ2n) is 9.14. The number of rotatable bonds is 5. The van der Waals surface area contributed by atoms with Gasteiger partial charge in [0, 0.05) is 25.2 Å². The number of piperidine rings is 1. The summed E-state index contributed by atoms with van der Waals surface area (Å²) >= 11 is 0. The van der Waals surface area contributed by atoms with Crippen LogP contribution in [0.3, 0.4) is 0 Å². The van der Waals surface area contributed by atoms with Gasteiger partial charge in [-0.2, -0.15) is 0 Å². The molecule has 8 heteroatoms. The van der Waals surface area contributed by atoms with Crippen molar-refractivity contribution in [1.82, 2.24) is 9.80 Å². The minimum atomic E-state index is -1.31. The van der Waals surface area contributed by atoms with Crippen LogP contribution < -0.4 is 0 Å². The molecule has 0 unspecified atom stereocenters. The molecule has 0 saturated carbocycles. The molecule has 3 aliphatic heterocycles. The van der Waals surface area contributed by atoms with Crippen molar-refractivity contribution >= 4 is 18.3 Å². The molecular weight excluding hydrogens is 412 g/mol. The summed E-state index contributed by atoms with van der Waals surface area (Å²) in [7, 11) is 2.01. The molecule has 3 aliphatic rings. The highest BCUT2D eigenvalue weighted by molar-refractivity contribution is 5.89. The van der Waals surface area contributed by atoms with Gasteiger partial charge in [0.25, 0.3) is 12.4 Å². The molecule has 0 aliphatic carbocycles. The average Bonchev–Trinajstić information content (AvgIpc) is 3.33. The number of hydrogen-bond donors (Lipinski definition) is 2. The van der Waals surface area contributed by atoms with Gasteiger partial charge in [-0.1, -0.05) is 30.3 Å². The third-order valence-corrected chi connectivity index (χ3v) is 7.23. The lowest BCUT2D eigenvalue weighted by molar-refractivity contribution is -0.162. The molecule has 0 radical (unpaired) electrons. The Morgan fingerprint density at radius 2 is 1.81 bits per heavy atom. The number of nitrogens with zero attached hydrogens (tertiary/aromatic N) is 2. The maximum Gasteiger partial charge on any atom is 0.314 e. The Balaban J connectivity index is 0.000000913. The zero-order valence-electron chi connectivity index (χ0n) is 18.9. The van der Waals surface area contributed by atoms with Crippen molar-refractivity contribution in [2.45, 2.75) is 63.1 Å². The fraction of sp³-hybridized carbons (Fsp3) is 0.625. The van der Waals surface area contributed by atoms with Crippen LogP contribution in [0.4, 0.5) is 0 Å². The van der Waals surface area contributed by atoms with Crippen molar-refractivity contribution in [3.63, 3.8) is 0 Å². The van der Waals surface area contributed by atoms with Crippen molar-refractivity contribution in [1.29, 1.82) is 0 Å². The molecular formula is C24H34N2O6. The summed E-state index contributed by atoms with van der Waals surface area (Å²) in [4.78, 5) is 39.1. The molecule has 4 rings (SSSR count). The van der Waals surface area contributed by atoms with Gasteiger partial charge in [0.05, 0.1) is 12.0 Å². The van der Waals surface area contributed by atoms with Crippen molar-refractivity contribution < 1.29 is 29.3 Å². The minimum Gasteiger partial charge on any atom is -0.483 e. The van der Waals surface area contributed by atoms with E-state index in [0.717, 1.165) is 18.4 Å². The fourth-order valence-corrected chi connectivity index (χ4v) is 5.65. The monoisotopic (exact) mass is 446 g/mol. The Labute approximate surface area is 189 Å². The minimum absolute atomic E-state index is 0.00398. The quantitative estimate of drug-likeness (QED) is 0.524. The predicted molar refractivity (Wildman–Crippen MR) is 118 cm³/mol. The zero-order chi connectivity index (χ0) is 23.4. The molecule has 2 N–H and O–H groups in total. The summed E-state index contributed by atoms with van der Waals surface area (Å²) in [6.45, 7) is 3.32. The van der Waals surface area contributed by atoms with Gasteiger partial charge in [-0.15, -0.1) is 0 Å². The number of ether oxygens (including phenoxy) is 1. The van der Waals surface area contributed by atoms with Gasteiger partial charge in [-0.25, -0.2) is 0 Å². The van der Waals surface area contributed by atoms with Gasteiger partial charge < -0.3 is 24.7 Å². The average molecular weight is 447 g/mol. The van der Waals surface area contributed by atoms with E-state index in [9.17, 15) is 14.7 Å². The first-order chi connectivity index (χ1) is 15.3. The smallest absolute Gasteiger partial charge is 0.314 e. The number of carbonyl (C=O) groups is 3. The van der Waals surface area contributed by atoms with Gasteiger partial charge >= 0.3 is 5.97 Å². The summed E-state index contributed by atoms with van der Waals surface area (Å²) in [5.41, 5.74) is -0.957. The third-order valence-electron chi connectivity index (χ3n) is 7.23. The predicted octanol–water partition coefficient (Wildman–Crippen LogP) is 1.70. The molecule has 3 saturated heterocycles. The van der Waals surface area contributed by atoms with Crippen LogP contribution >= 0.6 is 0 Å². The van der Waals surface area contributed by atoms with E-state index in [0.29, 0.717) is 45.4 Å². The lowest BCUT2D eigenvalue weighted by Gasteiger charge is -2.40. The summed E-state index contributed by atoms with van der Waals surface area (Å²) in [5.74, 6) is -0.387. The Kier molecular flexibility index (Phi) is 7.56. The lowest BCUT2D eigenvalue weighted by Crippen LogP contribution is -2.57. The van der Waals surface area contributed by atoms with Gasteiger partial charge in [0.2, 0.25) is 0 Å². The molecule has 0 spiro atoms. The normalized spacial score (nSPS) is 28.5. The van der Waals surface area contributed by atoms with Crippen LogP contribution in [0.2, 0.25) is 0 Å². The van der Waals surface area contributed by atoms with Crippen molar-refractivity contribution in [3.8, 4) is 0 Å². The van der Waals surface area contributed by atoms with Crippen LogP contribution in [-0.4, -0.2) is 82.8 Å². The first-order valence-corrected chi connectivity index (χ1v) is 11.3. The fourth-order valence-electron chi connectivity index (χ4n) is 5.65. The molecule has 176 valence electrons. The molecule has 1 aromatic carbocycles. The van der Waals surface area contributed by atoms with E-state index in [-0.39, 0.29) is 30.4 Å². The van der Waals surface area contributed by atoms with Crippen LogP contribution in [0.5, 0.6) is 0 Å². The van der Waals surface area contributed by atoms with E-state index in [1.807, 2.05) is 49.2 Å². The molecule has 32 heavy (non-hydrogen) atoms. The van der Waals surface area contributed by atoms with Crippen LogP contribution in [-0.2, 0) is 25.5 Å². The number of likely N-dealkylation sites (tertiary alicyclic amines) is 1. The van der Waals surface area contributed by atoms with Crippen molar-refractivity contribution in [2.75, 3.05) is 26.7 Å². The molecule has 8 nitrogen and oxygen atoms in total. The Morgan fingerprint density at radius 1 is 1.19 bits per heavy atom. The summed E-state index contributed by atoms with van der Waals surface area (Å²) in [6, 6.07) is 9.78. The number of esters is 1. The number of benzene rings is 1. The van der Waals surface area contributed by atoms with E-state index >= 15 is 0 Å². The van der Waals surface area contributed by atoms with E-state index in [2.05, 4.69) is 4.90 Å². The number of carboxylic acid groups (broad SMARTS) is 1. The summed E-state index contributed by atoms with van der Waals surface area (Å²) in [6.07, 6.45) is 3.76. The van der Waals surface area contributed by atoms with Crippen LogP contribution in [0.1, 0.15) is 44.6 Å². The molecule has 3 fully saturated rings. The maximum absolute atomic E-state index is 13.5. The second-order valence-corrected chi connectivity index (χ2v) is 9.14. The van der Waals surface area contributed by atoms with E-state index in [1.165, 1.54) is 0 Å². The number of amides is 1. The van der Waals surface area contributed by atoms with Gasteiger partial charge in [-0.05, 0) is 58.1 Å². The topological polar surface area (TPSA) is 107 Å². The number of fused-ring (bicyclic) bond motifs is 2. The number of carbonyl (C=O) groups excluding carboxylic acids is 2. The molecule has 3 heterocycles. The van der Waals surface area contributed by atoms with Gasteiger partial charge in [0.15, 0.2) is 0 Å². The maximum atomic E-state index is 13.5. The molecule has 1 aromatic rings. The first-order valence-electron chi connectivity index (χ1n) is 11.3. The molecule has 1 amide bonds. The highest BCUT2D eigenvalue weighted by atomic mass is 16.5. The number of hydrogen-bond acceptors (Lipinski definition) is 6. The Bertz CT molecular complexity index is 808. The van der Waals surface area contributed by atoms with Gasteiger partial charge in [0.1, 0.15) is 5.60 Å². The van der Waals surface area contributed by atoms with E-state index in [1.54, 1.807) is 0 Å². The number of aliphatic hydroxyl groups is 1. The van der Waals surface area contributed by atoms with Gasteiger partial charge in [-0.3, -0.25) is 14.4 Å². The van der Waals surface area contributed by atoms with Crippen LogP contribution in [0, 0.1) is 5.41 Å². The standard InChI is InChI=1S/C23H32N2O4.CH2O2/c1-3-29-21(27)22(15-17-7-5-4-6-8-17)16-18-9-10-19(22)25(18)20(26)23(28)11-13-24(2)14-12-23;2-1-3/h4-8,18-19,28H,3,9-16H2,1-2H3;1H,(H,2,3)/t18-,19+,22+;/m1./s1. The van der Waals surface area contributed by atoms with E-state index in [4.69, 9.17) is 14.6 Å². The SMILES string of the molecule is CCOC(=O)[C@@]1(Cc2ccccc2)C[C@H]2CC[C@@H]1N2C(=O)C1(O)CCN(C)CC1.O=CO. The van der Waals surface area contributed by atoms with Crippen LogP contribution in [0.25, 0.3) is 0 Å². The lowest BCUT2D eigenvalue weighted by atomic mass is 9.70. The molecule has 2 bridgehead atoms. The highest BCUT2D eigenvalue weighted by Crippen LogP contribution is 2.53. The molecule has 3 atom stereocenters. The first kappa shape index (κ1) is 24.2. The van der Waals surface area contributed by atoms with Crippen molar-refractivity contribution in [3.05, 3.63) is 35.9 Å². The van der Waals surface area contributed by atoms with Crippen molar-refractivity contribution in [2.24, 2.45) is 5.41 Å².